The van der Waals surface area contributed by atoms with Gasteiger partial charge in [0.1, 0.15) is 5.70 Å². The standard InChI is InChI=1S/C12H9N3O3S/c16-11-10(13-12-14(11)4-5-19-12)7-8-2-1-3-9(6-8)15(17)18/h1-3,6-7H,4-5H2/b10-7+. The van der Waals surface area contributed by atoms with Crippen molar-refractivity contribution in [1.82, 2.24) is 4.90 Å². The van der Waals surface area contributed by atoms with Crippen LogP contribution in [0.25, 0.3) is 6.08 Å². The fourth-order valence-electron chi connectivity index (χ4n) is 1.95. The molecule has 0 saturated carbocycles. The minimum absolute atomic E-state index is 0.00215. The molecule has 0 aliphatic carbocycles. The van der Waals surface area contributed by atoms with Crippen molar-refractivity contribution in [2.75, 3.05) is 12.3 Å². The summed E-state index contributed by atoms with van der Waals surface area (Å²) in [6.07, 6.45) is 1.58. The Bertz CT molecular complexity index is 639. The molecule has 0 spiro atoms. The quantitative estimate of drug-likeness (QED) is 0.469. The van der Waals surface area contributed by atoms with Crippen molar-refractivity contribution in [2.24, 2.45) is 4.99 Å². The molecular formula is C12H9N3O3S. The second-order valence-corrected chi connectivity index (χ2v) is 5.14. The second-order valence-electron chi connectivity index (χ2n) is 4.08. The number of hydrogen-bond donors (Lipinski definition) is 0. The molecule has 19 heavy (non-hydrogen) atoms. The first kappa shape index (κ1) is 11.9. The van der Waals surface area contributed by atoms with Gasteiger partial charge in [0.05, 0.1) is 4.92 Å². The molecule has 1 amide bonds. The fourth-order valence-corrected chi connectivity index (χ4v) is 2.90. The number of fused-ring (bicyclic) bond motifs is 1. The zero-order valence-electron chi connectivity index (χ0n) is 9.78. The van der Waals surface area contributed by atoms with E-state index in [1.54, 1.807) is 34.9 Å². The van der Waals surface area contributed by atoms with Crippen molar-refractivity contribution in [3.05, 3.63) is 45.6 Å². The summed E-state index contributed by atoms with van der Waals surface area (Å²) in [6.45, 7) is 0.675. The second kappa shape index (κ2) is 4.51. The number of hydrogen-bond acceptors (Lipinski definition) is 5. The number of nitrogens with zero attached hydrogens (tertiary/aromatic N) is 3. The van der Waals surface area contributed by atoms with E-state index in [-0.39, 0.29) is 11.6 Å². The van der Waals surface area contributed by atoms with Crippen LogP contribution in [0.15, 0.2) is 35.0 Å². The lowest BCUT2D eigenvalue weighted by atomic mass is 10.1. The molecule has 0 bridgehead atoms. The van der Waals surface area contributed by atoms with E-state index in [0.29, 0.717) is 17.8 Å². The van der Waals surface area contributed by atoms with Crippen LogP contribution < -0.4 is 0 Å². The molecule has 0 aromatic heterocycles. The first-order valence-electron chi connectivity index (χ1n) is 5.65. The van der Waals surface area contributed by atoms with E-state index in [2.05, 4.69) is 4.99 Å². The number of non-ortho nitro benzene ring substituents is 1. The van der Waals surface area contributed by atoms with Gasteiger partial charge in [0, 0.05) is 24.4 Å². The Balaban J connectivity index is 1.94. The fraction of sp³-hybridized carbons (Fsp3) is 0.167. The SMILES string of the molecule is O=C1/C(=C\c2cccc([N+](=O)[O-])c2)N=C2SCCN12. The Labute approximate surface area is 113 Å². The number of nitro benzene ring substituents is 1. The summed E-state index contributed by atoms with van der Waals surface area (Å²) in [4.78, 5) is 28.1. The molecule has 96 valence electrons. The Morgan fingerprint density at radius 1 is 1.47 bits per heavy atom. The highest BCUT2D eigenvalue weighted by atomic mass is 32.2. The van der Waals surface area contributed by atoms with Crippen molar-refractivity contribution < 1.29 is 9.72 Å². The number of carbonyl (C=O) groups is 1. The van der Waals surface area contributed by atoms with Gasteiger partial charge in [0.15, 0.2) is 5.17 Å². The Morgan fingerprint density at radius 3 is 3.05 bits per heavy atom. The van der Waals surface area contributed by atoms with Gasteiger partial charge in [-0.15, -0.1) is 0 Å². The van der Waals surface area contributed by atoms with Crippen LogP contribution in [0.1, 0.15) is 5.56 Å². The van der Waals surface area contributed by atoms with Crippen LogP contribution in [0.2, 0.25) is 0 Å². The molecule has 2 aliphatic heterocycles. The van der Waals surface area contributed by atoms with Crippen LogP contribution in [-0.2, 0) is 4.79 Å². The number of thioether (sulfide) groups is 1. The topological polar surface area (TPSA) is 75.8 Å². The summed E-state index contributed by atoms with van der Waals surface area (Å²) in [5.41, 5.74) is 0.943. The molecule has 0 N–H and O–H groups in total. The Kier molecular flexibility index (Phi) is 2.83. The van der Waals surface area contributed by atoms with Gasteiger partial charge in [-0.3, -0.25) is 19.8 Å². The molecule has 1 aromatic rings. The van der Waals surface area contributed by atoms with E-state index in [4.69, 9.17) is 0 Å². The first-order valence-corrected chi connectivity index (χ1v) is 6.63. The number of amides is 1. The molecule has 0 radical (unpaired) electrons. The van der Waals surface area contributed by atoms with Crippen LogP contribution >= 0.6 is 11.8 Å². The number of carbonyl (C=O) groups excluding carboxylic acids is 1. The summed E-state index contributed by atoms with van der Waals surface area (Å²) < 4.78 is 0. The smallest absolute Gasteiger partial charge is 0.278 e. The molecule has 1 aromatic carbocycles. The van der Waals surface area contributed by atoms with E-state index in [1.165, 1.54) is 12.1 Å². The van der Waals surface area contributed by atoms with E-state index < -0.39 is 4.92 Å². The van der Waals surface area contributed by atoms with Crippen molar-refractivity contribution in [3.8, 4) is 0 Å². The van der Waals surface area contributed by atoms with Gasteiger partial charge >= 0.3 is 0 Å². The minimum Gasteiger partial charge on any atom is -0.285 e. The monoisotopic (exact) mass is 275 g/mol. The predicted octanol–water partition coefficient (Wildman–Crippen LogP) is 1.88. The van der Waals surface area contributed by atoms with Crippen molar-refractivity contribution in [3.63, 3.8) is 0 Å². The summed E-state index contributed by atoms with van der Waals surface area (Å²) in [5.74, 6) is 0.737. The van der Waals surface area contributed by atoms with E-state index in [1.807, 2.05) is 0 Å². The van der Waals surface area contributed by atoms with Crippen LogP contribution in [0, 0.1) is 10.1 Å². The van der Waals surface area contributed by atoms with Gasteiger partial charge in [-0.2, -0.15) is 0 Å². The lowest BCUT2D eigenvalue weighted by Crippen LogP contribution is -2.26. The van der Waals surface area contributed by atoms with E-state index in [0.717, 1.165) is 10.9 Å². The summed E-state index contributed by atoms with van der Waals surface area (Å²) in [7, 11) is 0. The number of amidine groups is 1. The molecule has 0 atom stereocenters. The highest BCUT2D eigenvalue weighted by Gasteiger charge is 2.34. The maximum Gasteiger partial charge on any atom is 0.278 e. The van der Waals surface area contributed by atoms with Crippen LogP contribution in [0.4, 0.5) is 5.69 Å². The number of benzene rings is 1. The van der Waals surface area contributed by atoms with Gasteiger partial charge in [-0.25, -0.2) is 4.99 Å². The normalized spacial score (nSPS) is 19.8. The number of aliphatic imine (C=N–C) groups is 1. The van der Waals surface area contributed by atoms with Gasteiger partial charge in [0.2, 0.25) is 0 Å². The molecule has 7 heteroatoms. The predicted molar refractivity (Wildman–Crippen MR) is 72.7 cm³/mol. The van der Waals surface area contributed by atoms with Gasteiger partial charge < -0.3 is 0 Å². The van der Waals surface area contributed by atoms with Gasteiger partial charge in [-0.05, 0) is 11.6 Å². The largest absolute Gasteiger partial charge is 0.285 e. The van der Waals surface area contributed by atoms with Crippen LogP contribution in [-0.4, -0.2) is 33.2 Å². The van der Waals surface area contributed by atoms with Crippen LogP contribution in [0.5, 0.6) is 0 Å². The molecule has 1 fully saturated rings. The molecule has 0 unspecified atom stereocenters. The van der Waals surface area contributed by atoms with Crippen molar-refractivity contribution in [2.45, 2.75) is 0 Å². The number of nitro groups is 1. The Morgan fingerprint density at radius 2 is 2.32 bits per heavy atom. The molecule has 2 aliphatic rings. The van der Waals surface area contributed by atoms with Crippen molar-refractivity contribution >= 4 is 34.6 Å². The maximum atomic E-state index is 12.0. The zero-order chi connectivity index (χ0) is 13.4. The maximum absolute atomic E-state index is 12.0. The molecular weight excluding hydrogens is 266 g/mol. The average Bonchev–Trinajstić information content (AvgIpc) is 2.95. The third kappa shape index (κ3) is 2.12. The van der Waals surface area contributed by atoms with Gasteiger partial charge in [0.25, 0.3) is 11.6 Å². The highest BCUT2D eigenvalue weighted by molar-refractivity contribution is 8.14. The summed E-state index contributed by atoms with van der Waals surface area (Å²) >= 11 is 1.55. The lowest BCUT2D eigenvalue weighted by molar-refractivity contribution is -0.384. The highest BCUT2D eigenvalue weighted by Crippen LogP contribution is 2.28. The molecule has 1 saturated heterocycles. The average molecular weight is 275 g/mol. The van der Waals surface area contributed by atoms with E-state index >= 15 is 0 Å². The van der Waals surface area contributed by atoms with Gasteiger partial charge in [-0.1, -0.05) is 23.9 Å². The molecule has 3 rings (SSSR count). The third-order valence-electron chi connectivity index (χ3n) is 2.84. The number of rotatable bonds is 2. The third-order valence-corrected chi connectivity index (χ3v) is 3.80. The zero-order valence-corrected chi connectivity index (χ0v) is 10.6. The molecule has 2 heterocycles. The first-order chi connectivity index (χ1) is 9.15. The summed E-state index contributed by atoms with van der Waals surface area (Å²) in [6, 6.07) is 6.15. The van der Waals surface area contributed by atoms with Crippen molar-refractivity contribution in [1.29, 1.82) is 0 Å². The summed E-state index contributed by atoms with van der Waals surface area (Å²) in [5, 5.41) is 11.4. The lowest BCUT2D eigenvalue weighted by Gasteiger charge is -2.05. The molecule has 6 nitrogen and oxygen atoms in total. The van der Waals surface area contributed by atoms with Crippen LogP contribution in [0.3, 0.4) is 0 Å². The Hall–Kier alpha value is -2.15. The van der Waals surface area contributed by atoms with E-state index in [9.17, 15) is 14.9 Å². The minimum atomic E-state index is -0.460.